The van der Waals surface area contributed by atoms with E-state index in [0.717, 1.165) is 18.6 Å². The van der Waals surface area contributed by atoms with Crippen LogP contribution in [0.3, 0.4) is 0 Å². The molecule has 120 valence electrons. The number of nitrogens with one attached hydrogen (secondary N) is 1. The van der Waals surface area contributed by atoms with Crippen LogP contribution in [0.5, 0.6) is 0 Å². The van der Waals surface area contributed by atoms with Crippen molar-refractivity contribution < 1.29 is 22.7 Å². The third-order valence-electron chi connectivity index (χ3n) is 3.00. The zero-order valence-electron chi connectivity index (χ0n) is 12.0. The van der Waals surface area contributed by atoms with Crippen LogP contribution in [0.1, 0.15) is 37.3 Å². The highest BCUT2D eigenvalue weighted by Gasteiger charge is 2.24. The van der Waals surface area contributed by atoms with Gasteiger partial charge in [-0.3, -0.25) is 4.79 Å². The van der Waals surface area contributed by atoms with E-state index in [1.165, 1.54) is 6.07 Å². The minimum Gasteiger partial charge on any atom is -0.480 e. The first kappa shape index (κ1) is 18.1. The molecule has 1 rings (SSSR count). The van der Waals surface area contributed by atoms with E-state index in [0.29, 0.717) is 6.42 Å². The number of carboxylic acid groups (broad SMARTS) is 1. The van der Waals surface area contributed by atoms with Crippen LogP contribution in [0.4, 0.5) is 4.39 Å². The van der Waals surface area contributed by atoms with Crippen LogP contribution in [-0.4, -0.2) is 25.5 Å². The summed E-state index contributed by atoms with van der Waals surface area (Å²) in [5.74, 6) is -2.47. The third kappa shape index (κ3) is 5.42. The summed E-state index contributed by atoms with van der Waals surface area (Å²) >= 11 is 0. The van der Waals surface area contributed by atoms with Crippen LogP contribution in [0.15, 0.2) is 18.2 Å². The number of carboxylic acids is 1. The average molecular weight is 328 g/mol. The third-order valence-corrected chi connectivity index (χ3v) is 4.34. The van der Waals surface area contributed by atoms with Crippen LogP contribution in [0.2, 0.25) is 0 Å². The van der Waals surface area contributed by atoms with Crippen molar-refractivity contribution in [2.24, 2.45) is 0 Å². The van der Waals surface area contributed by atoms with E-state index in [9.17, 15) is 17.6 Å². The van der Waals surface area contributed by atoms with Crippen LogP contribution < -0.4 is 4.72 Å². The van der Waals surface area contributed by atoms with Crippen molar-refractivity contribution in [2.75, 3.05) is 0 Å². The number of hydrogen-bond acceptors (Lipinski definition) is 4. The molecule has 0 saturated heterocycles. The summed E-state index contributed by atoms with van der Waals surface area (Å²) in [7, 11) is -3.96. The molecular weight excluding hydrogens is 311 g/mol. The van der Waals surface area contributed by atoms with Crippen molar-refractivity contribution in [1.82, 2.24) is 4.72 Å². The highest BCUT2D eigenvalue weighted by atomic mass is 32.2. The Morgan fingerprint density at radius 3 is 2.73 bits per heavy atom. The zero-order valence-corrected chi connectivity index (χ0v) is 12.9. The van der Waals surface area contributed by atoms with Crippen molar-refractivity contribution in [3.05, 3.63) is 35.1 Å². The number of sulfonamides is 1. The van der Waals surface area contributed by atoms with Gasteiger partial charge in [0, 0.05) is 0 Å². The molecule has 1 aromatic carbocycles. The predicted molar refractivity (Wildman–Crippen MR) is 77.8 cm³/mol. The molecule has 6 nitrogen and oxygen atoms in total. The number of nitriles is 1. The molecule has 2 N–H and O–H groups in total. The highest BCUT2D eigenvalue weighted by Crippen LogP contribution is 2.14. The summed E-state index contributed by atoms with van der Waals surface area (Å²) in [4.78, 5) is 11.1. The Morgan fingerprint density at radius 2 is 2.18 bits per heavy atom. The second-order valence-electron chi connectivity index (χ2n) is 4.82. The molecule has 0 amide bonds. The van der Waals surface area contributed by atoms with Crippen molar-refractivity contribution in [2.45, 2.75) is 38.0 Å². The first-order valence-corrected chi connectivity index (χ1v) is 8.35. The summed E-state index contributed by atoms with van der Waals surface area (Å²) < 4.78 is 39.2. The fourth-order valence-electron chi connectivity index (χ4n) is 1.88. The molecule has 1 atom stereocenters. The van der Waals surface area contributed by atoms with Crippen molar-refractivity contribution in [1.29, 1.82) is 5.26 Å². The number of benzene rings is 1. The largest absolute Gasteiger partial charge is 0.480 e. The molecule has 0 aliphatic carbocycles. The topological polar surface area (TPSA) is 107 Å². The Bertz CT molecular complexity index is 683. The summed E-state index contributed by atoms with van der Waals surface area (Å²) in [6.45, 7) is 1.87. The van der Waals surface area contributed by atoms with E-state index in [1.54, 1.807) is 6.07 Å². The molecular formula is C14H17FN2O4S. The molecule has 8 heteroatoms. The minimum atomic E-state index is -3.96. The van der Waals surface area contributed by atoms with Gasteiger partial charge in [0.05, 0.1) is 17.4 Å². The maximum Gasteiger partial charge on any atom is 0.321 e. The molecule has 0 unspecified atom stereocenters. The number of hydrogen-bond donors (Lipinski definition) is 2. The summed E-state index contributed by atoms with van der Waals surface area (Å²) in [5.41, 5.74) is 0.0295. The molecule has 0 heterocycles. The van der Waals surface area contributed by atoms with Gasteiger partial charge in [-0.25, -0.2) is 17.5 Å². The molecule has 0 bridgehead atoms. The molecule has 0 saturated carbocycles. The summed E-state index contributed by atoms with van der Waals surface area (Å²) in [6.07, 6.45) is 1.49. The summed E-state index contributed by atoms with van der Waals surface area (Å²) in [6, 6.07) is 3.71. The van der Waals surface area contributed by atoms with Crippen molar-refractivity contribution in [3.8, 4) is 6.07 Å². The minimum absolute atomic E-state index is 0.0918. The number of carbonyl (C=O) groups is 1. The van der Waals surface area contributed by atoms with E-state index < -0.39 is 33.6 Å². The lowest BCUT2D eigenvalue weighted by Crippen LogP contribution is -2.41. The molecule has 0 aliphatic rings. The van der Waals surface area contributed by atoms with Gasteiger partial charge in [-0.2, -0.15) is 5.26 Å². The van der Waals surface area contributed by atoms with Gasteiger partial charge in [-0.15, -0.1) is 0 Å². The predicted octanol–water partition coefficient (Wildman–Crippen LogP) is 1.76. The van der Waals surface area contributed by atoms with Crippen LogP contribution >= 0.6 is 0 Å². The van der Waals surface area contributed by atoms with E-state index in [-0.39, 0.29) is 17.5 Å². The van der Waals surface area contributed by atoms with Gasteiger partial charge in [-0.1, -0.05) is 25.8 Å². The smallest absolute Gasteiger partial charge is 0.321 e. The second-order valence-corrected chi connectivity index (χ2v) is 6.58. The Balaban J connectivity index is 2.91. The maximum absolute atomic E-state index is 13.0. The molecule has 1 aromatic rings. The summed E-state index contributed by atoms with van der Waals surface area (Å²) in [5, 5.41) is 17.9. The number of halogens is 1. The lowest BCUT2D eigenvalue weighted by Gasteiger charge is -2.14. The monoisotopic (exact) mass is 328 g/mol. The SMILES string of the molecule is CCCC[C@H](NS(=O)(=O)Cc1ccc(F)cc1C#N)C(=O)O. The number of rotatable bonds is 8. The van der Waals surface area contributed by atoms with Gasteiger partial charge < -0.3 is 5.11 Å². The van der Waals surface area contributed by atoms with E-state index in [2.05, 4.69) is 4.72 Å². The molecule has 22 heavy (non-hydrogen) atoms. The first-order valence-electron chi connectivity index (χ1n) is 6.70. The molecule has 0 aromatic heterocycles. The van der Waals surface area contributed by atoms with Gasteiger partial charge in [0.15, 0.2) is 0 Å². The van der Waals surface area contributed by atoms with E-state index >= 15 is 0 Å². The molecule has 0 aliphatic heterocycles. The van der Waals surface area contributed by atoms with E-state index in [1.807, 2.05) is 6.92 Å². The normalized spacial score (nSPS) is 12.6. The Hall–Kier alpha value is -1.98. The van der Waals surface area contributed by atoms with Gasteiger partial charge in [-0.05, 0) is 24.1 Å². The first-order chi connectivity index (χ1) is 10.3. The number of unbranched alkanes of at least 4 members (excludes halogenated alkanes) is 1. The fourth-order valence-corrected chi connectivity index (χ4v) is 3.28. The second kappa shape index (κ2) is 7.87. The lowest BCUT2D eigenvalue weighted by atomic mass is 10.1. The van der Waals surface area contributed by atoms with Gasteiger partial charge in [0.2, 0.25) is 10.0 Å². The molecule has 0 spiro atoms. The van der Waals surface area contributed by atoms with Gasteiger partial charge in [0.1, 0.15) is 11.9 Å². The Kier molecular flexibility index (Phi) is 6.46. The standard InChI is InChI=1S/C14H17FN2O4S/c1-2-3-4-13(14(18)19)17-22(20,21)9-10-5-6-12(15)7-11(10)8-16/h5-7,13,17H,2-4,9H2,1H3,(H,18,19)/t13-/m0/s1. The lowest BCUT2D eigenvalue weighted by molar-refractivity contribution is -0.139. The molecule has 0 fully saturated rings. The Labute approximate surface area is 128 Å². The van der Waals surface area contributed by atoms with Gasteiger partial charge in [0.25, 0.3) is 0 Å². The Morgan fingerprint density at radius 1 is 1.50 bits per heavy atom. The van der Waals surface area contributed by atoms with Gasteiger partial charge >= 0.3 is 5.97 Å². The van der Waals surface area contributed by atoms with Crippen molar-refractivity contribution in [3.63, 3.8) is 0 Å². The average Bonchev–Trinajstić information content (AvgIpc) is 2.44. The zero-order chi connectivity index (χ0) is 16.8. The molecule has 0 radical (unpaired) electrons. The van der Waals surface area contributed by atoms with E-state index in [4.69, 9.17) is 10.4 Å². The number of aliphatic carboxylic acids is 1. The fraction of sp³-hybridized carbons (Fsp3) is 0.429. The number of nitrogens with zero attached hydrogens (tertiary/aromatic N) is 1. The van der Waals surface area contributed by atoms with Crippen molar-refractivity contribution >= 4 is 16.0 Å². The van der Waals surface area contributed by atoms with Crippen LogP contribution in [0.25, 0.3) is 0 Å². The van der Waals surface area contributed by atoms with Crippen LogP contribution in [-0.2, 0) is 20.6 Å². The maximum atomic E-state index is 13.0. The highest BCUT2D eigenvalue weighted by molar-refractivity contribution is 7.88. The van der Waals surface area contributed by atoms with Crippen LogP contribution in [0, 0.1) is 17.1 Å². The quantitative estimate of drug-likeness (QED) is 0.756.